The van der Waals surface area contributed by atoms with Crippen molar-refractivity contribution in [2.75, 3.05) is 6.61 Å². The van der Waals surface area contributed by atoms with E-state index >= 15 is 0 Å². The second kappa shape index (κ2) is 6.10. The number of hydrogen-bond acceptors (Lipinski definition) is 5. The molecule has 1 saturated heterocycles. The molecule has 7 nitrogen and oxygen atoms in total. The van der Waals surface area contributed by atoms with Crippen LogP contribution in [0.3, 0.4) is 0 Å². The van der Waals surface area contributed by atoms with Crippen molar-refractivity contribution in [2.45, 2.75) is 31.2 Å². The van der Waals surface area contributed by atoms with Gasteiger partial charge in [0, 0.05) is 11.8 Å². The molecular weight excluding hydrogens is 262 g/mol. The predicted octanol–water partition coefficient (Wildman–Crippen LogP) is -1.09. The lowest BCUT2D eigenvalue weighted by Gasteiger charge is -2.17. The minimum atomic E-state index is -4.32. The summed E-state index contributed by atoms with van der Waals surface area (Å²) in [6, 6.07) is -0.967. The van der Waals surface area contributed by atoms with Crippen LogP contribution in [0.25, 0.3) is 0 Å². The molecule has 9 heteroatoms. The van der Waals surface area contributed by atoms with Crippen molar-refractivity contribution >= 4 is 21.2 Å². The Balaban J connectivity index is 2.63. The number of carbonyl (C=O) groups excluding carboxylic acids is 1. The van der Waals surface area contributed by atoms with E-state index in [0.717, 1.165) is 6.08 Å². The van der Waals surface area contributed by atoms with E-state index in [9.17, 15) is 14.5 Å². The number of Topliss-reactive ketones (excluding diaryl/α,β-unsaturated/α-hetero) is 1. The number of aliphatic hydroxyl groups is 1. The van der Waals surface area contributed by atoms with Crippen molar-refractivity contribution in [3.8, 4) is 0 Å². The Kier molecular flexibility index (Phi) is 5.27. The topological polar surface area (TPSA) is 113 Å². The fraction of sp³-hybridized carbons (Fsp3) is 0.667. The van der Waals surface area contributed by atoms with E-state index in [1.165, 1.54) is 6.92 Å². The van der Waals surface area contributed by atoms with Gasteiger partial charge >= 0.3 is 7.60 Å². The Morgan fingerprint density at radius 3 is 2.67 bits per heavy atom. The van der Waals surface area contributed by atoms with Gasteiger partial charge in [-0.3, -0.25) is 9.36 Å². The van der Waals surface area contributed by atoms with Gasteiger partial charge < -0.3 is 24.4 Å². The van der Waals surface area contributed by atoms with Gasteiger partial charge in [0.25, 0.3) is 0 Å². The summed E-state index contributed by atoms with van der Waals surface area (Å²) in [5, 5.41) is 9.78. The Hall–Kier alpha value is -0.495. The van der Waals surface area contributed by atoms with E-state index in [1.54, 1.807) is 0 Å². The van der Waals surface area contributed by atoms with Gasteiger partial charge in [0.15, 0.2) is 5.78 Å². The van der Waals surface area contributed by atoms with Gasteiger partial charge in [0.2, 0.25) is 0 Å². The summed E-state index contributed by atoms with van der Waals surface area (Å²) in [5.74, 6) is 0.393. The van der Waals surface area contributed by atoms with Gasteiger partial charge in [-0.05, 0) is 13.0 Å². The third-order valence-corrected chi connectivity index (χ3v) is 2.82. The first-order valence-electron chi connectivity index (χ1n) is 5.15. The summed E-state index contributed by atoms with van der Waals surface area (Å²) >= 11 is 0. The average molecular weight is 276 g/mol. The molecule has 0 saturated carbocycles. The third kappa shape index (κ3) is 4.64. The Morgan fingerprint density at radius 2 is 2.17 bits per heavy atom. The van der Waals surface area contributed by atoms with Crippen LogP contribution >= 0.6 is 7.60 Å². The molecule has 0 aromatic heterocycles. The number of aliphatic hydroxyl groups excluding tert-OH is 1. The molecule has 1 unspecified atom stereocenters. The first-order chi connectivity index (χ1) is 8.20. The molecule has 0 aromatic rings. The Labute approximate surface area is 105 Å². The molecule has 0 amide bonds. The second-order valence-corrected chi connectivity index (χ2v) is 5.44. The third-order valence-electron chi connectivity index (χ3n) is 2.26. The molecule has 1 aliphatic heterocycles. The number of rotatable bonds is 5. The van der Waals surface area contributed by atoms with E-state index in [2.05, 4.69) is 0 Å². The zero-order valence-corrected chi connectivity index (χ0v) is 10.6. The highest BCUT2D eigenvalue weighted by molar-refractivity contribution is 7.55. The first kappa shape index (κ1) is 15.6. The van der Waals surface area contributed by atoms with Gasteiger partial charge in [-0.25, -0.2) is 0 Å². The molecule has 1 heterocycles. The van der Waals surface area contributed by atoms with Crippen LogP contribution in [0, 0.1) is 0 Å². The van der Waals surface area contributed by atoms with Crippen LogP contribution < -0.4 is 0 Å². The molecule has 0 spiro atoms. The minimum Gasteiger partial charge on any atom is -0.387 e. The van der Waals surface area contributed by atoms with Crippen molar-refractivity contribution in [1.82, 2.24) is 0 Å². The standard InChI is InChI=1S/C9H14BO7P/c1-5(11)4-16-8-7(12)6(17-9(8)10)2-3-18(13,14)15/h2-3,6-9,12H,4H2,1H3,(H2,13,14,15)/b3-2+/t6-,7+,8?,9-/m1/s1. The van der Waals surface area contributed by atoms with Crippen LogP contribution in [0.4, 0.5) is 0 Å². The zero-order valence-electron chi connectivity index (χ0n) is 9.67. The fourth-order valence-corrected chi connectivity index (χ4v) is 1.88. The van der Waals surface area contributed by atoms with Crippen molar-refractivity contribution in [2.24, 2.45) is 0 Å². The van der Waals surface area contributed by atoms with Gasteiger partial charge in [-0.15, -0.1) is 0 Å². The average Bonchev–Trinajstić information content (AvgIpc) is 2.47. The van der Waals surface area contributed by atoms with E-state index in [0.29, 0.717) is 5.82 Å². The lowest BCUT2D eigenvalue weighted by molar-refractivity contribution is -0.125. The molecule has 1 rings (SSSR count). The molecule has 1 aliphatic rings. The molecule has 3 N–H and O–H groups in total. The molecular formula is C9H14BO7P. The summed E-state index contributed by atoms with van der Waals surface area (Å²) in [6.07, 6.45) is -2.06. The number of carbonyl (C=O) groups is 1. The van der Waals surface area contributed by atoms with Crippen LogP contribution in [0.15, 0.2) is 11.9 Å². The summed E-state index contributed by atoms with van der Waals surface area (Å²) in [4.78, 5) is 28.1. The normalized spacial score (nSPS) is 33.1. The molecule has 18 heavy (non-hydrogen) atoms. The number of ether oxygens (including phenoxy) is 2. The van der Waals surface area contributed by atoms with E-state index in [1.807, 2.05) is 0 Å². The molecule has 100 valence electrons. The molecule has 0 bridgehead atoms. The lowest BCUT2D eigenvalue weighted by atomic mass is 9.93. The highest BCUT2D eigenvalue weighted by atomic mass is 31.2. The second-order valence-electron chi connectivity index (χ2n) is 3.96. The summed E-state index contributed by atoms with van der Waals surface area (Å²) in [5.41, 5.74) is 0. The van der Waals surface area contributed by atoms with Crippen molar-refractivity contribution in [3.05, 3.63) is 11.9 Å². The smallest absolute Gasteiger partial charge is 0.348 e. The van der Waals surface area contributed by atoms with Gasteiger partial charge in [-0.1, -0.05) is 0 Å². The monoisotopic (exact) mass is 276 g/mol. The van der Waals surface area contributed by atoms with E-state index < -0.39 is 31.9 Å². The van der Waals surface area contributed by atoms with Crippen molar-refractivity contribution in [3.63, 3.8) is 0 Å². The van der Waals surface area contributed by atoms with Crippen LogP contribution in [0.1, 0.15) is 6.92 Å². The van der Waals surface area contributed by atoms with Crippen molar-refractivity contribution in [1.29, 1.82) is 0 Å². The molecule has 0 aromatic carbocycles. The largest absolute Gasteiger partial charge is 0.387 e. The van der Waals surface area contributed by atoms with Gasteiger partial charge in [-0.2, -0.15) is 0 Å². The number of ketones is 1. The summed E-state index contributed by atoms with van der Waals surface area (Å²) in [6.45, 7) is 1.10. The maximum absolute atomic E-state index is 10.7. The quantitative estimate of drug-likeness (QED) is 0.431. The van der Waals surface area contributed by atoms with Crippen LogP contribution in [-0.2, 0) is 18.8 Å². The lowest BCUT2D eigenvalue weighted by Crippen LogP contribution is -2.36. The van der Waals surface area contributed by atoms with Crippen LogP contribution in [-0.4, -0.2) is 59.4 Å². The van der Waals surface area contributed by atoms with Crippen LogP contribution in [0.2, 0.25) is 0 Å². The molecule has 2 radical (unpaired) electrons. The van der Waals surface area contributed by atoms with Crippen molar-refractivity contribution < 1.29 is 33.7 Å². The van der Waals surface area contributed by atoms with E-state index in [4.69, 9.17) is 27.1 Å². The first-order valence-corrected chi connectivity index (χ1v) is 6.83. The Bertz CT molecular complexity index is 379. The maximum Gasteiger partial charge on any atom is 0.348 e. The highest BCUT2D eigenvalue weighted by Crippen LogP contribution is 2.37. The maximum atomic E-state index is 10.7. The SMILES string of the molecule is [B][C@@H]1O[C@H](/C=C/P(=O)(O)O)[C@H](O)C1OCC(C)=O. The van der Waals surface area contributed by atoms with E-state index in [-0.39, 0.29) is 12.4 Å². The van der Waals surface area contributed by atoms with Gasteiger partial charge in [0.05, 0.1) is 0 Å². The minimum absolute atomic E-state index is 0.215. The Morgan fingerprint density at radius 1 is 1.56 bits per heavy atom. The zero-order chi connectivity index (χ0) is 13.9. The van der Waals surface area contributed by atoms with Crippen LogP contribution in [0.5, 0.6) is 0 Å². The molecule has 4 atom stereocenters. The molecule has 1 fully saturated rings. The summed E-state index contributed by atoms with van der Waals surface area (Å²) in [7, 11) is 1.22. The fourth-order valence-electron chi connectivity index (χ4n) is 1.48. The summed E-state index contributed by atoms with van der Waals surface area (Å²) < 4.78 is 20.8. The highest BCUT2D eigenvalue weighted by Gasteiger charge is 2.40. The van der Waals surface area contributed by atoms with Gasteiger partial charge in [0.1, 0.15) is 32.8 Å². The molecule has 0 aliphatic carbocycles. The predicted molar refractivity (Wildman–Crippen MR) is 62.0 cm³/mol. The number of hydrogen-bond donors (Lipinski definition) is 3.